The minimum Gasteiger partial charge on any atom is -0.399 e. The number of nitrogen functional groups attached to an aromatic ring is 1. The van der Waals surface area contributed by atoms with E-state index in [1.54, 1.807) is 18.5 Å². The number of fused-ring (bicyclic) bond motifs is 2. The molecule has 1 aromatic carbocycles. The third-order valence-corrected chi connectivity index (χ3v) is 10.2. The number of pyridine rings is 2. The van der Waals surface area contributed by atoms with Crippen LogP contribution in [-0.4, -0.2) is 100 Å². The predicted molar refractivity (Wildman–Crippen MR) is 202 cm³/mol. The molecule has 4 aromatic heterocycles. The van der Waals surface area contributed by atoms with Crippen LogP contribution in [0.2, 0.25) is 0 Å². The molecule has 0 radical (unpaired) electrons. The molecule has 3 aliphatic rings. The van der Waals surface area contributed by atoms with Crippen molar-refractivity contribution in [2.45, 2.75) is 64.8 Å². The van der Waals surface area contributed by atoms with Crippen LogP contribution in [0.1, 0.15) is 41.5 Å². The third kappa shape index (κ3) is 7.04. The fourth-order valence-corrected chi connectivity index (χ4v) is 6.46. The van der Waals surface area contributed by atoms with E-state index < -0.39 is 18.3 Å². The first-order valence-corrected chi connectivity index (χ1v) is 17.6. The largest absolute Gasteiger partial charge is 0.494 e. The molecule has 3 saturated heterocycles. The van der Waals surface area contributed by atoms with Gasteiger partial charge in [0, 0.05) is 35.6 Å². The second-order valence-corrected chi connectivity index (χ2v) is 14.4. The van der Waals surface area contributed by atoms with E-state index in [0.29, 0.717) is 49.2 Å². The molecule has 2 atom stereocenters. The first kappa shape index (κ1) is 35.7. The third-order valence-electron chi connectivity index (χ3n) is 10.2. The van der Waals surface area contributed by atoms with Gasteiger partial charge < -0.3 is 34.0 Å². The molecule has 8 rings (SSSR count). The van der Waals surface area contributed by atoms with Gasteiger partial charge in [0.05, 0.1) is 67.0 Å². The molecule has 15 nitrogen and oxygen atoms in total. The Hall–Kier alpha value is -4.74. The predicted octanol–water partition coefficient (Wildman–Crippen LogP) is 3.04. The van der Waals surface area contributed by atoms with Gasteiger partial charge in [-0.05, 0) is 77.3 Å². The standard InChI is InChI=1S/C22H28N8O2.C14H17BN2O3/c1-14-12-31-9-7-29(14)21-17-3-4-18(16-5-6-24-19(11-16)28-23)25-20(17)26-22(27-21)30-8-10-32-13-15(30)2;1-13(2)14(3,4)20-15(19-13)10-6-5-9-8-16-17-12(18)11(9)7-10/h3-6,11,14-15H,7-10,12-13,23H2,1-2H3,(H,24,28);5-8H,1-4H3,(H,17,18). The Balaban J connectivity index is 0.000000180. The van der Waals surface area contributed by atoms with Crippen LogP contribution in [0.15, 0.2) is 59.7 Å². The van der Waals surface area contributed by atoms with E-state index in [-0.39, 0.29) is 17.6 Å². The van der Waals surface area contributed by atoms with E-state index in [9.17, 15) is 4.79 Å². The lowest BCUT2D eigenvalue weighted by molar-refractivity contribution is 0.00578. The van der Waals surface area contributed by atoms with Crippen LogP contribution in [0.4, 0.5) is 17.6 Å². The van der Waals surface area contributed by atoms with Gasteiger partial charge in [0.25, 0.3) is 5.56 Å². The molecule has 4 N–H and O–H groups in total. The minimum absolute atomic E-state index is 0.192. The Labute approximate surface area is 302 Å². The molecule has 0 spiro atoms. The molecule has 7 heterocycles. The maximum absolute atomic E-state index is 11.8. The number of morpholine rings is 2. The number of hydrogen-bond donors (Lipinski definition) is 3. The number of nitrogens with one attached hydrogen (secondary N) is 2. The Morgan fingerprint density at radius 3 is 2.29 bits per heavy atom. The van der Waals surface area contributed by atoms with Gasteiger partial charge in [-0.1, -0.05) is 12.1 Å². The lowest BCUT2D eigenvalue weighted by Crippen LogP contribution is -2.46. The van der Waals surface area contributed by atoms with Gasteiger partial charge in [-0.25, -0.2) is 20.9 Å². The molecule has 0 aliphatic carbocycles. The molecule has 5 aromatic rings. The van der Waals surface area contributed by atoms with E-state index in [1.807, 2.05) is 58.0 Å². The van der Waals surface area contributed by atoms with Crippen molar-refractivity contribution in [3.8, 4) is 11.3 Å². The van der Waals surface area contributed by atoms with Crippen LogP contribution < -0.4 is 32.1 Å². The molecule has 2 unspecified atom stereocenters. The number of rotatable bonds is 5. The molecule has 0 saturated carbocycles. The molecule has 52 heavy (non-hydrogen) atoms. The topological polar surface area (TPSA) is 179 Å². The number of nitrogens with two attached hydrogens (primary N) is 1. The average Bonchev–Trinajstić information content (AvgIpc) is 3.37. The van der Waals surface area contributed by atoms with Crippen LogP contribution in [0.3, 0.4) is 0 Å². The summed E-state index contributed by atoms with van der Waals surface area (Å²) in [5.74, 6) is 7.70. The summed E-state index contributed by atoms with van der Waals surface area (Å²) in [6.07, 6.45) is 3.34. The first-order chi connectivity index (χ1) is 24.9. The molecule has 3 aliphatic heterocycles. The number of H-pyrrole nitrogens is 1. The van der Waals surface area contributed by atoms with Gasteiger partial charge in [0.15, 0.2) is 5.65 Å². The summed E-state index contributed by atoms with van der Waals surface area (Å²) in [7, 11) is -0.461. The summed E-state index contributed by atoms with van der Waals surface area (Å²) < 4.78 is 23.3. The van der Waals surface area contributed by atoms with E-state index in [1.165, 1.54) is 0 Å². The summed E-state index contributed by atoms with van der Waals surface area (Å²) >= 11 is 0. The Bertz CT molecular complexity index is 2120. The molecule has 3 fully saturated rings. The zero-order valence-corrected chi connectivity index (χ0v) is 30.4. The van der Waals surface area contributed by atoms with E-state index in [4.69, 9.17) is 39.6 Å². The van der Waals surface area contributed by atoms with E-state index in [0.717, 1.165) is 46.4 Å². The van der Waals surface area contributed by atoms with E-state index in [2.05, 4.69) is 50.3 Å². The maximum atomic E-state index is 11.8. The zero-order valence-electron chi connectivity index (χ0n) is 30.4. The average molecular weight is 709 g/mol. The van der Waals surface area contributed by atoms with Crippen molar-refractivity contribution in [2.75, 3.05) is 54.7 Å². The van der Waals surface area contributed by atoms with Crippen LogP contribution in [0.25, 0.3) is 33.1 Å². The molecular formula is C36H45BN10O5. The number of hydrazine groups is 1. The second kappa shape index (κ2) is 14.4. The highest BCUT2D eigenvalue weighted by atomic mass is 16.7. The van der Waals surface area contributed by atoms with Crippen LogP contribution in [0.5, 0.6) is 0 Å². The fourth-order valence-electron chi connectivity index (χ4n) is 6.46. The van der Waals surface area contributed by atoms with Crippen molar-refractivity contribution in [1.82, 2.24) is 30.1 Å². The van der Waals surface area contributed by atoms with Gasteiger partial charge >= 0.3 is 7.12 Å². The normalized spacial score (nSPS) is 21.2. The van der Waals surface area contributed by atoms with Crippen molar-refractivity contribution < 1.29 is 18.8 Å². The van der Waals surface area contributed by atoms with Gasteiger partial charge in [0.2, 0.25) is 5.95 Å². The number of aromatic nitrogens is 6. The zero-order chi connectivity index (χ0) is 36.6. The monoisotopic (exact) mass is 708 g/mol. The molecule has 0 bridgehead atoms. The lowest BCUT2D eigenvalue weighted by atomic mass is 9.78. The van der Waals surface area contributed by atoms with Gasteiger partial charge in [-0.15, -0.1) is 0 Å². The van der Waals surface area contributed by atoms with E-state index >= 15 is 0 Å². The molecule has 16 heteroatoms. The summed E-state index contributed by atoms with van der Waals surface area (Å²) in [5, 5.41) is 8.54. The number of benzene rings is 1. The van der Waals surface area contributed by atoms with Crippen molar-refractivity contribution >= 4 is 52.0 Å². The highest BCUT2D eigenvalue weighted by molar-refractivity contribution is 6.62. The molecule has 0 amide bonds. The highest BCUT2D eigenvalue weighted by Crippen LogP contribution is 2.36. The van der Waals surface area contributed by atoms with Crippen molar-refractivity contribution in [3.63, 3.8) is 0 Å². The molecule has 272 valence electrons. The molecular weight excluding hydrogens is 663 g/mol. The summed E-state index contributed by atoms with van der Waals surface area (Å²) in [4.78, 5) is 35.3. The SMILES string of the molecule is CC1(C)OB(c2ccc3cn[nH]c(=O)c3c2)OC1(C)C.CC1COCCN1c1nc(N2CCOCC2C)c2ccc(-c3ccnc(NN)c3)nc2n1. The van der Waals surface area contributed by atoms with Crippen LogP contribution >= 0.6 is 0 Å². The van der Waals surface area contributed by atoms with Gasteiger partial charge in [-0.3, -0.25) is 4.79 Å². The summed E-state index contributed by atoms with van der Waals surface area (Å²) in [6.45, 7) is 16.5. The van der Waals surface area contributed by atoms with Crippen molar-refractivity contribution in [3.05, 3.63) is 65.2 Å². The number of anilines is 3. The quantitative estimate of drug-likeness (QED) is 0.138. The number of aromatic amines is 1. The Morgan fingerprint density at radius 1 is 0.885 bits per heavy atom. The lowest BCUT2D eigenvalue weighted by Gasteiger charge is -2.37. The fraction of sp³-hybridized carbons (Fsp3) is 0.444. The number of ether oxygens (including phenoxy) is 2. The second-order valence-electron chi connectivity index (χ2n) is 14.4. The maximum Gasteiger partial charge on any atom is 0.494 e. The Kier molecular flexibility index (Phi) is 9.84. The number of hydrogen-bond acceptors (Lipinski definition) is 14. The Morgan fingerprint density at radius 2 is 1.60 bits per heavy atom. The minimum atomic E-state index is -0.461. The smallest absolute Gasteiger partial charge is 0.399 e. The summed E-state index contributed by atoms with van der Waals surface area (Å²) in [6, 6.07) is 13.8. The van der Waals surface area contributed by atoms with Crippen molar-refractivity contribution in [1.29, 1.82) is 0 Å². The van der Waals surface area contributed by atoms with Gasteiger partial charge in [0.1, 0.15) is 11.6 Å². The number of nitrogens with zero attached hydrogens (tertiary/aromatic N) is 7. The van der Waals surface area contributed by atoms with Gasteiger partial charge in [-0.2, -0.15) is 15.1 Å². The van der Waals surface area contributed by atoms with Crippen LogP contribution in [0, 0.1) is 0 Å². The van der Waals surface area contributed by atoms with Crippen molar-refractivity contribution in [2.24, 2.45) is 5.84 Å². The summed E-state index contributed by atoms with van der Waals surface area (Å²) in [5.41, 5.74) is 4.82. The van der Waals surface area contributed by atoms with Crippen LogP contribution in [-0.2, 0) is 18.8 Å². The first-order valence-electron chi connectivity index (χ1n) is 17.6. The highest BCUT2D eigenvalue weighted by Gasteiger charge is 2.51.